The van der Waals surface area contributed by atoms with Crippen molar-refractivity contribution in [2.75, 3.05) is 6.61 Å². The quantitative estimate of drug-likeness (QED) is 0.613. The van der Waals surface area contributed by atoms with E-state index in [4.69, 9.17) is 0 Å². The number of hydrogen-bond acceptors (Lipinski definition) is 4. The molecule has 0 atom stereocenters. The highest BCUT2D eigenvalue weighted by atomic mass is 32.2. The van der Waals surface area contributed by atoms with Crippen LogP contribution in [0, 0.1) is 0 Å². The van der Waals surface area contributed by atoms with Crippen molar-refractivity contribution in [2.24, 2.45) is 0 Å². The summed E-state index contributed by atoms with van der Waals surface area (Å²) in [6, 6.07) is 8.00. The molecule has 0 bridgehead atoms. The molecule has 0 radical (unpaired) electrons. The number of hydrogen-bond donors (Lipinski definition) is 1. The molecule has 0 aliphatic heterocycles. The first kappa shape index (κ1) is 12.8. The fraction of sp³-hybridized carbons (Fsp3) is 0.111. The van der Waals surface area contributed by atoms with Gasteiger partial charge in [-0.2, -0.15) is 8.42 Å². The maximum absolute atomic E-state index is 11.3. The average molecular weight is 215 g/mol. The van der Waals surface area contributed by atoms with Gasteiger partial charge >= 0.3 is 0 Å². The summed E-state index contributed by atoms with van der Waals surface area (Å²) in [4.78, 5) is 0.164. The van der Waals surface area contributed by atoms with E-state index in [1.54, 1.807) is 18.2 Å². The van der Waals surface area contributed by atoms with Crippen LogP contribution in [-0.2, 0) is 14.3 Å². The summed E-state index contributed by atoms with van der Waals surface area (Å²) in [5.41, 5.74) is 0. The third-order valence-corrected chi connectivity index (χ3v) is 2.67. The van der Waals surface area contributed by atoms with Crippen LogP contribution in [0.1, 0.15) is 0 Å². The zero-order valence-corrected chi connectivity index (χ0v) is 8.53. The van der Waals surface area contributed by atoms with Gasteiger partial charge in [0.2, 0.25) is 0 Å². The van der Waals surface area contributed by atoms with E-state index in [2.05, 4.69) is 10.8 Å². The predicted molar refractivity (Wildman–Crippen MR) is 54.8 cm³/mol. The number of benzene rings is 1. The van der Waals surface area contributed by atoms with Crippen molar-refractivity contribution in [2.45, 2.75) is 4.90 Å². The Morgan fingerprint density at radius 2 is 1.86 bits per heavy atom. The lowest BCUT2D eigenvalue weighted by molar-refractivity contribution is 0.357. The Labute approximate surface area is 83.9 Å². The molecule has 5 heteroatoms. The zero-order valence-electron chi connectivity index (χ0n) is 7.72. The second-order valence-electron chi connectivity index (χ2n) is 2.34. The Balaban J connectivity index is 0.00000169. The second-order valence-corrected chi connectivity index (χ2v) is 3.96. The van der Waals surface area contributed by atoms with Crippen LogP contribution in [0.15, 0.2) is 47.9 Å². The molecule has 0 amide bonds. The van der Waals surface area contributed by atoms with Gasteiger partial charge in [-0.3, -0.25) is 4.18 Å². The lowest BCUT2D eigenvalue weighted by Crippen LogP contribution is -2.05. The van der Waals surface area contributed by atoms with E-state index in [1.807, 2.05) is 0 Å². The zero-order chi connectivity index (χ0) is 9.73. The van der Waals surface area contributed by atoms with E-state index in [-0.39, 0.29) is 17.7 Å². The van der Waals surface area contributed by atoms with Crippen molar-refractivity contribution < 1.29 is 12.6 Å². The molecule has 4 nitrogen and oxygen atoms in total. The molecule has 0 saturated heterocycles. The molecule has 0 aliphatic carbocycles. The van der Waals surface area contributed by atoms with Crippen LogP contribution in [0.25, 0.3) is 0 Å². The third kappa shape index (κ3) is 3.29. The molecule has 1 rings (SSSR count). The van der Waals surface area contributed by atoms with Gasteiger partial charge < -0.3 is 6.15 Å². The van der Waals surface area contributed by atoms with Gasteiger partial charge in [0.15, 0.2) is 0 Å². The minimum absolute atomic E-state index is 0. The smallest absolute Gasteiger partial charge is 0.297 e. The Morgan fingerprint density at radius 1 is 1.29 bits per heavy atom. The van der Waals surface area contributed by atoms with Crippen molar-refractivity contribution >= 4 is 10.1 Å². The van der Waals surface area contributed by atoms with Crippen molar-refractivity contribution in [1.29, 1.82) is 0 Å². The van der Waals surface area contributed by atoms with Gasteiger partial charge in [0.25, 0.3) is 10.1 Å². The molecular weight excluding hydrogens is 202 g/mol. The minimum Gasteiger partial charge on any atom is -0.344 e. The van der Waals surface area contributed by atoms with Gasteiger partial charge in [-0.25, -0.2) is 0 Å². The van der Waals surface area contributed by atoms with Crippen LogP contribution in [0.2, 0.25) is 0 Å². The molecule has 3 N–H and O–H groups in total. The lowest BCUT2D eigenvalue weighted by Gasteiger charge is -2.01. The Morgan fingerprint density at radius 3 is 2.36 bits per heavy atom. The van der Waals surface area contributed by atoms with Crippen LogP contribution < -0.4 is 6.15 Å². The summed E-state index contributed by atoms with van der Waals surface area (Å²) < 4.78 is 27.3. The predicted octanol–water partition coefficient (Wildman–Crippen LogP) is 1.74. The molecule has 1 aromatic carbocycles. The first-order valence-corrected chi connectivity index (χ1v) is 5.13. The van der Waals surface area contributed by atoms with Crippen molar-refractivity contribution in [1.82, 2.24) is 6.15 Å². The van der Waals surface area contributed by atoms with Gasteiger partial charge in [0.1, 0.15) is 0 Å². The summed E-state index contributed by atoms with van der Waals surface area (Å²) in [5, 5.41) is 0. The Bertz CT molecular complexity index is 372. The summed E-state index contributed by atoms with van der Waals surface area (Å²) in [5.74, 6) is 0. The van der Waals surface area contributed by atoms with E-state index in [9.17, 15) is 8.42 Å². The van der Waals surface area contributed by atoms with Gasteiger partial charge in [0, 0.05) is 0 Å². The molecule has 0 saturated carbocycles. The molecule has 0 spiro atoms. The topological polar surface area (TPSA) is 78.4 Å². The highest BCUT2D eigenvalue weighted by Crippen LogP contribution is 2.10. The average Bonchev–Trinajstić information content (AvgIpc) is 2.16. The summed E-state index contributed by atoms with van der Waals surface area (Å²) in [7, 11) is -3.59. The van der Waals surface area contributed by atoms with Gasteiger partial charge in [-0.1, -0.05) is 24.3 Å². The van der Waals surface area contributed by atoms with E-state index < -0.39 is 10.1 Å². The van der Waals surface area contributed by atoms with Gasteiger partial charge in [0.05, 0.1) is 11.5 Å². The van der Waals surface area contributed by atoms with Crippen LogP contribution >= 0.6 is 0 Å². The van der Waals surface area contributed by atoms with E-state index in [0.717, 1.165) is 0 Å². The molecule has 0 unspecified atom stereocenters. The molecule has 78 valence electrons. The van der Waals surface area contributed by atoms with E-state index >= 15 is 0 Å². The summed E-state index contributed by atoms with van der Waals surface area (Å²) in [6.45, 7) is 3.37. The highest BCUT2D eigenvalue weighted by Gasteiger charge is 2.12. The van der Waals surface area contributed by atoms with Crippen molar-refractivity contribution in [3.05, 3.63) is 43.0 Å². The van der Waals surface area contributed by atoms with Crippen LogP contribution in [0.3, 0.4) is 0 Å². The molecule has 0 fully saturated rings. The molecule has 0 aliphatic rings. The molecular formula is C9H13NO3S. The molecule has 0 heterocycles. The van der Waals surface area contributed by atoms with Gasteiger partial charge in [-0.15, -0.1) is 6.58 Å². The van der Waals surface area contributed by atoms with Crippen LogP contribution in [0.4, 0.5) is 0 Å². The first-order valence-electron chi connectivity index (χ1n) is 3.72. The highest BCUT2D eigenvalue weighted by molar-refractivity contribution is 7.86. The minimum atomic E-state index is -3.59. The number of rotatable bonds is 4. The molecule has 0 aromatic heterocycles. The van der Waals surface area contributed by atoms with Crippen LogP contribution in [0.5, 0.6) is 0 Å². The third-order valence-electron chi connectivity index (χ3n) is 1.37. The Kier molecular flexibility index (Phi) is 5.07. The molecule has 14 heavy (non-hydrogen) atoms. The van der Waals surface area contributed by atoms with Crippen molar-refractivity contribution in [3.8, 4) is 0 Å². The SMILES string of the molecule is C=CCOS(=O)(=O)c1ccccc1.N. The lowest BCUT2D eigenvalue weighted by atomic mass is 10.4. The van der Waals surface area contributed by atoms with Crippen molar-refractivity contribution in [3.63, 3.8) is 0 Å². The van der Waals surface area contributed by atoms with Gasteiger partial charge in [-0.05, 0) is 12.1 Å². The normalized spacial score (nSPS) is 10.3. The fourth-order valence-electron chi connectivity index (χ4n) is 0.793. The fourth-order valence-corrected chi connectivity index (χ4v) is 1.69. The largest absolute Gasteiger partial charge is 0.344 e. The second kappa shape index (κ2) is 5.54. The van der Waals surface area contributed by atoms with E-state index in [1.165, 1.54) is 18.2 Å². The molecule has 1 aromatic rings. The first-order chi connectivity index (χ1) is 6.17. The maximum atomic E-state index is 11.3. The maximum Gasteiger partial charge on any atom is 0.297 e. The summed E-state index contributed by atoms with van der Waals surface area (Å²) >= 11 is 0. The Hall–Kier alpha value is -1.17. The van der Waals surface area contributed by atoms with E-state index in [0.29, 0.717) is 0 Å². The standard InChI is InChI=1S/C9H10O3S.H3N/c1-2-8-12-13(10,11)9-6-4-3-5-7-9;/h2-7H,1,8H2;1H3. The van der Waals surface area contributed by atoms with Crippen LogP contribution in [-0.4, -0.2) is 15.0 Å². The monoisotopic (exact) mass is 215 g/mol. The summed E-state index contributed by atoms with van der Waals surface area (Å²) in [6.07, 6.45) is 1.39.